The lowest BCUT2D eigenvalue weighted by Gasteiger charge is -2.41. The molecule has 2 amide bonds. The van der Waals surface area contributed by atoms with Gasteiger partial charge < -0.3 is 29.7 Å². The lowest BCUT2D eigenvalue weighted by atomic mass is 9.86. The molecule has 7 heterocycles. The Morgan fingerprint density at radius 1 is 0.971 bits per heavy atom. The van der Waals surface area contributed by atoms with E-state index in [1.807, 2.05) is 17.0 Å². The summed E-state index contributed by atoms with van der Waals surface area (Å²) in [6.45, 7) is 10.4. The highest BCUT2D eigenvalue weighted by Crippen LogP contribution is 2.44. The minimum absolute atomic E-state index is 0.0129. The number of aromatic nitrogens is 6. The van der Waals surface area contributed by atoms with Crippen LogP contribution in [0, 0.1) is 23.2 Å². The highest BCUT2D eigenvalue weighted by Gasteiger charge is 2.36. The summed E-state index contributed by atoms with van der Waals surface area (Å²) in [5.74, 6) is 2.99. The van der Waals surface area contributed by atoms with Gasteiger partial charge in [-0.15, -0.1) is 10.2 Å². The van der Waals surface area contributed by atoms with Gasteiger partial charge in [0, 0.05) is 113 Å². The van der Waals surface area contributed by atoms with Gasteiger partial charge in [-0.2, -0.15) is 15.5 Å². The molecule has 4 aliphatic heterocycles. The summed E-state index contributed by atoms with van der Waals surface area (Å²) >= 11 is 6.18. The fraction of sp³-hybridized carbons (Fsp3) is 0.519. The molecular formula is C52H61ClF2N12O3. The highest BCUT2D eigenvalue weighted by atomic mass is 35.5. The predicted octanol–water partition coefficient (Wildman–Crippen LogP) is 8.44. The maximum atomic E-state index is 14.8. The molecule has 2 aromatic carbocycles. The molecule has 1 N–H and O–H groups in total. The number of rotatable bonds is 11. The van der Waals surface area contributed by atoms with Crippen LogP contribution in [0.25, 0.3) is 11.1 Å². The Hall–Kier alpha value is -6.12. The van der Waals surface area contributed by atoms with Crippen molar-refractivity contribution in [1.29, 1.82) is 5.26 Å². The Morgan fingerprint density at radius 2 is 1.79 bits per heavy atom. The van der Waals surface area contributed by atoms with Gasteiger partial charge in [0.1, 0.15) is 11.8 Å². The predicted molar refractivity (Wildman–Crippen MR) is 262 cm³/mol. The number of hydrogen-bond donors (Lipinski definition) is 1. The molecule has 2 unspecified atom stereocenters. The van der Waals surface area contributed by atoms with E-state index in [9.17, 15) is 18.4 Å². The van der Waals surface area contributed by atoms with Gasteiger partial charge in [-0.3, -0.25) is 19.0 Å². The van der Waals surface area contributed by atoms with E-state index in [1.165, 1.54) is 0 Å². The van der Waals surface area contributed by atoms with Gasteiger partial charge in [0.15, 0.2) is 17.3 Å². The van der Waals surface area contributed by atoms with Crippen LogP contribution in [0.4, 0.5) is 26.1 Å². The van der Waals surface area contributed by atoms with Crippen molar-refractivity contribution in [1.82, 2.24) is 44.9 Å². The molecule has 5 aliphatic rings. The minimum atomic E-state index is -2.66. The first kappa shape index (κ1) is 47.6. The molecule has 0 bridgehead atoms. The molecule has 0 radical (unpaired) electrons. The Bertz CT molecular complexity index is 2760. The Balaban J connectivity index is 0.735. The van der Waals surface area contributed by atoms with Crippen LogP contribution in [0.2, 0.25) is 5.02 Å². The zero-order valence-corrected chi connectivity index (χ0v) is 40.9. The molecule has 1 saturated carbocycles. The number of carbonyl (C=O) groups excluding carboxylic acids is 2. The first-order chi connectivity index (χ1) is 33.9. The van der Waals surface area contributed by atoms with Gasteiger partial charge in [-0.05, 0) is 117 Å². The number of anilines is 3. The maximum absolute atomic E-state index is 14.8. The van der Waals surface area contributed by atoms with Crippen LogP contribution >= 0.6 is 11.6 Å². The van der Waals surface area contributed by atoms with Crippen molar-refractivity contribution in [2.75, 3.05) is 55.6 Å². The number of piperidine rings is 2. The lowest BCUT2D eigenvalue weighted by Crippen LogP contribution is -2.46. The SMILES string of the molecule is CC(=O)N1CCc2c(c(N3CCCc4cc(-c5cnn(C)c5)c(C(F)F)cc43)nn2C2CCN(CC3CCN(c4ccc(C(=O)NC5CCC(Oc6ccc(C#N)c(Cl)c6)CC5)nn4)CC3C)CC2)C1. The Morgan fingerprint density at radius 3 is 2.47 bits per heavy atom. The molecule has 70 heavy (non-hydrogen) atoms. The third-order valence-electron chi connectivity index (χ3n) is 15.4. The fourth-order valence-corrected chi connectivity index (χ4v) is 11.7. The second-order valence-electron chi connectivity index (χ2n) is 20.0. The summed E-state index contributed by atoms with van der Waals surface area (Å²) in [4.78, 5) is 34.8. The van der Waals surface area contributed by atoms with Gasteiger partial charge in [0.25, 0.3) is 12.3 Å². The number of nitrogens with one attached hydrogen (secondary N) is 1. The fourth-order valence-electron chi connectivity index (χ4n) is 11.5. The third-order valence-corrected chi connectivity index (χ3v) is 15.8. The molecule has 2 saturated heterocycles. The molecule has 18 heteroatoms. The van der Waals surface area contributed by atoms with Crippen LogP contribution in [0.1, 0.15) is 116 Å². The molecular weight excluding hydrogens is 914 g/mol. The van der Waals surface area contributed by atoms with Gasteiger partial charge in [-0.25, -0.2) is 8.78 Å². The van der Waals surface area contributed by atoms with E-state index in [2.05, 4.69) is 53.0 Å². The summed E-state index contributed by atoms with van der Waals surface area (Å²) < 4.78 is 39.6. The van der Waals surface area contributed by atoms with Crippen LogP contribution in [0.15, 0.2) is 54.9 Å². The van der Waals surface area contributed by atoms with Crippen molar-refractivity contribution in [3.05, 3.63) is 93.5 Å². The molecule has 3 fully saturated rings. The van der Waals surface area contributed by atoms with Crippen molar-refractivity contribution in [2.24, 2.45) is 18.9 Å². The number of fused-ring (bicyclic) bond motifs is 2. The number of aryl methyl sites for hydroxylation is 2. The number of alkyl halides is 2. The van der Waals surface area contributed by atoms with E-state index in [0.717, 1.165) is 125 Å². The van der Waals surface area contributed by atoms with E-state index < -0.39 is 6.43 Å². The molecule has 0 spiro atoms. The van der Waals surface area contributed by atoms with E-state index >= 15 is 0 Å². The summed E-state index contributed by atoms with van der Waals surface area (Å²) in [5.41, 5.74) is 5.88. The third kappa shape index (κ3) is 9.94. The van der Waals surface area contributed by atoms with E-state index in [4.69, 9.17) is 26.7 Å². The average Bonchev–Trinajstić information content (AvgIpc) is 3.98. The Kier molecular flexibility index (Phi) is 13.8. The first-order valence-electron chi connectivity index (χ1n) is 24.9. The lowest BCUT2D eigenvalue weighted by molar-refractivity contribution is -0.129. The zero-order valence-electron chi connectivity index (χ0n) is 40.2. The van der Waals surface area contributed by atoms with E-state index in [-0.39, 0.29) is 35.6 Å². The number of nitrogens with zero attached hydrogens (tertiary/aromatic N) is 11. The molecule has 368 valence electrons. The summed E-state index contributed by atoms with van der Waals surface area (Å²) in [6, 6.07) is 14.7. The molecule has 3 aromatic heterocycles. The van der Waals surface area contributed by atoms with Crippen LogP contribution in [-0.4, -0.2) is 109 Å². The van der Waals surface area contributed by atoms with Crippen LogP contribution in [0.5, 0.6) is 5.75 Å². The first-order valence-corrected chi connectivity index (χ1v) is 25.3. The average molecular weight is 976 g/mol. The molecule has 2 atom stereocenters. The van der Waals surface area contributed by atoms with Crippen molar-refractivity contribution in [2.45, 2.75) is 109 Å². The van der Waals surface area contributed by atoms with Crippen molar-refractivity contribution < 1.29 is 23.1 Å². The Labute approximate surface area is 412 Å². The number of carbonyl (C=O) groups is 2. The number of benzene rings is 2. The number of hydrogen-bond acceptors (Lipinski definition) is 11. The van der Waals surface area contributed by atoms with Crippen molar-refractivity contribution in [3.63, 3.8) is 0 Å². The number of halogens is 3. The zero-order chi connectivity index (χ0) is 48.6. The van der Waals surface area contributed by atoms with E-state index in [1.54, 1.807) is 61.4 Å². The minimum Gasteiger partial charge on any atom is -0.490 e. The topological polar surface area (TPSA) is 154 Å². The van der Waals surface area contributed by atoms with Gasteiger partial charge in [0.2, 0.25) is 5.91 Å². The number of amides is 2. The van der Waals surface area contributed by atoms with Gasteiger partial charge >= 0.3 is 0 Å². The smallest absolute Gasteiger partial charge is 0.272 e. The van der Waals surface area contributed by atoms with Crippen LogP contribution in [0.3, 0.4) is 0 Å². The van der Waals surface area contributed by atoms with Crippen molar-refractivity contribution >= 4 is 40.7 Å². The molecule has 5 aromatic rings. The number of ether oxygens (including phenoxy) is 1. The summed E-state index contributed by atoms with van der Waals surface area (Å²) in [5, 5.41) is 31.1. The monoisotopic (exact) mass is 974 g/mol. The van der Waals surface area contributed by atoms with Gasteiger partial charge in [0.05, 0.1) is 35.5 Å². The highest BCUT2D eigenvalue weighted by molar-refractivity contribution is 6.31. The molecule has 15 nitrogen and oxygen atoms in total. The second kappa shape index (κ2) is 20.3. The summed E-state index contributed by atoms with van der Waals surface area (Å²) in [7, 11) is 1.79. The molecule has 1 aliphatic carbocycles. The normalized spacial score (nSPS) is 22.1. The molecule has 10 rings (SSSR count). The van der Waals surface area contributed by atoms with Crippen molar-refractivity contribution in [3.8, 4) is 22.9 Å². The second-order valence-corrected chi connectivity index (χ2v) is 20.4. The quantitative estimate of drug-likeness (QED) is 0.136. The largest absolute Gasteiger partial charge is 0.490 e. The maximum Gasteiger partial charge on any atom is 0.272 e. The van der Waals surface area contributed by atoms with Gasteiger partial charge in [-0.1, -0.05) is 18.5 Å². The summed E-state index contributed by atoms with van der Waals surface area (Å²) in [6.07, 6.45) is 9.22. The standard InChI is InChI=1S/C52H61ClF2N12O3/c1-32-28-65(49-13-12-46(59-60-49)52(69)58-38-7-10-40(11-8-38)70-41-9-6-35(26-56)45(53)24-41)21-14-36(32)30-63-19-15-39(16-20-63)67-47-17-22-64(33(2)68)31-44(47)51(61-67)66-18-4-5-34-23-42(37-27-57-62(3)29-37)43(50(54)55)25-48(34)66/h6,9,12-13,23-25,27,29,32,36,38-40,50H,4-5,7-8,10-11,14-22,28,30-31H2,1-3H3,(H,58,69). The van der Waals surface area contributed by atoms with Crippen LogP contribution in [-0.2, 0) is 31.2 Å². The van der Waals surface area contributed by atoms with E-state index in [0.29, 0.717) is 71.0 Å². The number of likely N-dealkylation sites (tertiary alicyclic amines) is 1. The number of nitriles is 1. The van der Waals surface area contributed by atoms with Crippen LogP contribution < -0.4 is 19.9 Å².